The van der Waals surface area contributed by atoms with E-state index in [0.29, 0.717) is 11.4 Å². The fraction of sp³-hybridized carbons (Fsp3) is 0.360. The summed E-state index contributed by atoms with van der Waals surface area (Å²) in [7, 11) is 1.55. The Morgan fingerprint density at radius 1 is 0.970 bits per heavy atom. The van der Waals surface area contributed by atoms with E-state index in [1.807, 2.05) is 24.3 Å². The summed E-state index contributed by atoms with van der Waals surface area (Å²) in [6, 6.07) is 12.8. The number of hydrogen-bond acceptors (Lipinski definition) is 7. The number of nitrogens with zero attached hydrogens (tertiary/aromatic N) is 3. The van der Waals surface area contributed by atoms with Gasteiger partial charge in [-0.1, -0.05) is 24.3 Å². The smallest absolute Gasteiger partial charge is 0.331 e. The first-order valence-corrected chi connectivity index (χ1v) is 10.9. The van der Waals surface area contributed by atoms with Crippen LogP contribution in [-0.2, 0) is 19.1 Å². The summed E-state index contributed by atoms with van der Waals surface area (Å²) in [6.45, 7) is 5.32. The molecule has 8 nitrogen and oxygen atoms in total. The van der Waals surface area contributed by atoms with Crippen molar-refractivity contribution in [3.8, 4) is 5.75 Å². The van der Waals surface area contributed by atoms with Crippen LogP contribution in [0.3, 0.4) is 0 Å². The number of anilines is 1. The van der Waals surface area contributed by atoms with E-state index in [0.717, 1.165) is 11.1 Å². The number of fused-ring (bicyclic) bond motifs is 5. The van der Waals surface area contributed by atoms with Crippen molar-refractivity contribution < 1.29 is 23.9 Å². The van der Waals surface area contributed by atoms with Crippen molar-refractivity contribution in [3.63, 3.8) is 0 Å². The van der Waals surface area contributed by atoms with Gasteiger partial charge in [0.05, 0.1) is 36.9 Å². The first-order chi connectivity index (χ1) is 15.7. The van der Waals surface area contributed by atoms with Crippen molar-refractivity contribution in [1.82, 2.24) is 5.01 Å². The predicted octanol–water partition coefficient (Wildman–Crippen LogP) is 2.92. The molecule has 3 heterocycles. The zero-order valence-electron chi connectivity index (χ0n) is 18.9. The van der Waals surface area contributed by atoms with E-state index < -0.39 is 41.4 Å². The fourth-order valence-corrected chi connectivity index (χ4v) is 4.99. The lowest BCUT2D eigenvalue weighted by Gasteiger charge is -2.34. The zero-order valence-corrected chi connectivity index (χ0v) is 18.9. The second kappa shape index (κ2) is 7.43. The number of carbonyl (C=O) groups is 3. The minimum absolute atomic E-state index is 0.344. The molecule has 0 N–H and O–H groups in total. The molecule has 2 amide bonds. The van der Waals surface area contributed by atoms with Crippen molar-refractivity contribution in [3.05, 3.63) is 59.7 Å². The van der Waals surface area contributed by atoms with Crippen molar-refractivity contribution in [2.45, 2.75) is 38.5 Å². The first-order valence-electron chi connectivity index (χ1n) is 10.9. The van der Waals surface area contributed by atoms with Gasteiger partial charge < -0.3 is 9.47 Å². The quantitative estimate of drug-likeness (QED) is 0.531. The van der Waals surface area contributed by atoms with Gasteiger partial charge in [0.2, 0.25) is 11.8 Å². The summed E-state index contributed by atoms with van der Waals surface area (Å²) in [5.74, 6) is -2.37. The van der Waals surface area contributed by atoms with Gasteiger partial charge in [-0.2, -0.15) is 5.10 Å². The van der Waals surface area contributed by atoms with Crippen LogP contribution >= 0.6 is 0 Å². The molecule has 3 aliphatic heterocycles. The average Bonchev–Trinajstić information content (AvgIpc) is 3.25. The molecular weight excluding hydrogens is 422 g/mol. The van der Waals surface area contributed by atoms with Crippen LogP contribution in [0.5, 0.6) is 5.75 Å². The van der Waals surface area contributed by atoms with Gasteiger partial charge in [0.15, 0.2) is 6.04 Å². The van der Waals surface area contributed by atoms with E-state index in [9.17, 15) is 14.4 Å². The SMILES string of the molecule is COc1ccc(N2C(=O)[C@@H]3[C@H](C2=O)[C@H](C(=O)OC(C)(C)C)N2N=Cc4ccccc4[C@@H]32)cc1. The minimum Gasteiger partial charge on any atom is -0.497 e. The highest BCUT2D eigenvalue weighted by Crippen LogP contribution is 2.52. The maximum absolute atomic E-state index is 13.7. The number of esters is 1. The Kier molecular flexibility index (Phi) is 4.77. The van der Waals surface area contributed by atoms with E-state index in [2.05, 4.69) is 5.10 Å². The number of benzene rings is 2. The summed E-state index contributed by atoms with van der Waals surface area (Å²) in [4.78, 5) is 41.9. The monoisotopic (exact) mass is 447 g/mol. The topological polar surface area (TPSA) is 88.5 Å². The Bertz CT molecular complexity index is 1170. The Labute approximate surface area is 191 Å². The molecule has 0 saturated carbocycles. The van der Waals surface area contributed by atoms with E-state index >= 15 is 0 Å². The van der Waals surface area contributed by atoms with Gasteiger partial charge in [0, 0.05) is 0 Å². The van der Waals surface area contributed by atoms with E-state index in [1.54, 1.807) is 63.4 Å². The molecule has 2 aromatic rings. The second-order valence-electron chi connectivity index (χ2n) is 9.44. The highest BCUT2D eigenvalue weighted by molar-refractivity contribution is 6.24. The standard InChI is InChI=1S/C25H25N3O5/c1-25(2,3)33-24(31)21-19-18(20-17-8-6-5-7-14(17)13-26-28(20)21)22(29)27(23(19)30)15-9-11-16(32-4)12-10-15/h5-13,18-21H,1-4H3/t18-,19+,20+,21-/m1/s1. The summed E-state index contributed by atoms with van der Waals surface area (Å²) >= 11 is 0. The molecule has 33 heavy (non-hydrogen) atoms. The van der Waals surface area contributed by atoms with E-state index in [1.165, 1.54) is 4.90 Å². The van der Waals surface area contributed by atoms with Gasteiger partial charge in [0.1, 0.15) is 11.4 Å². The Morgan fingerprint density at radius 3 is 2.30 bits per heavy atom. The van der Waals surface area contributed by atoms with Crippen LogP contribution in [0, 0.1) is 11.8 Å². The molecule has 2 fully saturated rings. The lowest BCUT2D eigenvalue weighted by atomic mass is 9.85. The lowest BCUT2D eigenvalue weighted by molar-refractivity contribution is -0.163. The highest BCUT2D eigenvalue weighted by atomic mass is 16.6. The van der Waals surface area contributed by atoms with Crippen LogP contribution in [0.4, 0.5) is 5.69 Å². The third kappa shape index (κ3) is 3.28. The second-order valence-corrected chi connectivity index (χ2v) is 9.44. The van der Waals surface area contributed by atoms with Crippen molar-refractivity contribution in [2.75, 3.05) is 12.0 Å². The molecule has 2 saturated heterocycles. The summed E-state index contributed by atoms with van der Waals surface area (Å²) in [5, 5.41) is 6.10. The van der Waals surface area contributed by atoms with Crippen LogP contribution in [0.15, 0.2) is 53.6 Å². The summed E-state index contributed by atoms with van der Waals surface area (Å²) in [5.41, 5.74) is 1.43. The van der Waals surface area contributed by atoms with Crippen LogP contribution in [0.1, 0.15) is 37.9 Å². The lowest BCUT2D eigenvalue weighted by Crippen LogP contribution is -2.46. The van der Waals surface area contributed by atoms with Crippen LogP contribution < -0.4 is 9.64 Å². The maximum atomic E-state index is 13.7. The number of methoxy groups -OCH3 is 1. The van der Waals surface area contributed by atoms with Gasteiger partial charge in [0.25, 0.3) is 0 Å². The zero-order chi connectivity index (χ0) is 23.5. The third-order valence-corrected chi connectivity index (χ3v) is 6.27. The number of hydrogen-bond donors (Lipinski definition) is 0. The molecule has 0 aliphatic carbocycles. The number of imide groups is 1. The number of carbonyl (C=O) groups excluding carboxylic acids is 3. The molecule has 4 atom stereocenters. The molecule has 0 bridgehead atoms. The molecule has 0 unspecified atom stereocenters. The van der Waals surface area contributed by atoms with Gasteiger partial charge in [-0.05, 0) is 56.2 Å². The van der Waals surface area contributed by atoms with Crippen LogP contribution in [0.25, 0.3) is 0 Å². The number of amides is 2. The Morgan fingerprint density at radius 2 is 1.64 bits per heavy atom. The summed E-state index contributed by atoms with van der Waals surface area (Å²) < 4.78 is 10.9. The Balaban J connectivity index is 1.60. The van der Waals surface area contributed by atoms with Crippen molar-refractivity contribution in [2.24, 2.45) is 16.9 Å². The minimum atomic E-state index is -0.997. The van der Waals surface area contributed by atoms with Gasteiger partial charge in [-0.15, -0.1) is 0 Å². The molecular formula is C25H25N3O5. The van der Waals surface area contributed by atoms with Crippen LogP contribution in [0.2, 0.25) is 0 Å². The largest absolute Gasteiger partial charge is 0.497 e. The number of ether oxygens (including phenoxy) is 2. The maximum Gasteiger partial charge on any atom is 0.331 e. The normalized spacial score (nSPS) is 25.6. The van der Waals surface area contributed by atoms with Gasteiger partial charge in [-0.3, -0.25) is 14.6 Å². The van der Waals surface area contributed by atoms with Gasteiger partial charge >= 0.3 is 5.97 Å². The molecule has 8 heteroatoms. The van der Waals surface area contributed by atoms with E-state index in [4.69, 9.17) is 9.47 Å². The van der Waals surface area contributed by atoms with E-state index in [-0.39, 0.29) is 5.91 Å². The van der Waals surface area contributed by atoms with Crippen molar-refractivity contribution >= 4 is 29.7 Å². The predicted molar refractivity (Wildman–Crippen MR) is 121 cm³/mol. The summed E-state index contributed by atoms with van der Waals surface area (Å²) in [6.07, 6.45) is 1.67. The Hall–Kier alpha value is -3.68. The first kappa shape index (κ1) is 21.2. The molecule has 3 aliphatic rings. The molecule has 0 aromatic heterocycles. The number of rotatable bonds is 3. The number of hydrazone groups is 1. The molecule has 5 rings (SSSR count). The highest BCUT2D eigenvalue weighted by Gasteiger charge is 2.66. The molecule has 0 spiro atoms. The molecule has 170 valence electrons. The third-order valence-electron chi connectivity index (χ3n) is 6.27. The fourth-order valence-electron chi connectivity index (χ4n) is 4.99. The van der Waals surface area contributed by atoms with Crippen LogP contribution in [-0.4, -0.2) is 47.8 Å². The molecule has 0 radical (unpaired) electrons. The van der Waals surface area contributed by atoms with Crippen molar-refractivity contribution in [1.29, 1.82) is 0 Å². The molecule has 2 aromatic carbocycles. The average molecular weight is 447 g/mol. The van der Waals surface area contributed by atoms with Gasteiger partial charge in [-0.25, -0.2) is 9.69 Å².